The lowest BCUT2D eigenvalue weighted by atomic mass is 10.2. The second-order valence-corrected chi connectivity index (χ2v) is 5.58. The van der Waals surface area contributed by atoms with E-state index in [-0.39, 0.29) is 0 Å². The highest BCUT2D eigenvalue weighted by Crippen LogP contribution is 2.28. The van der Waals surface area contributed by atoms with E-state index in [1.807, 2.05) is 18.2 Å². The van der Waals surface area contributed by atoms with E-state index < -0.39 is 0 Å². The van der Waals surface area contributed by atoms with Gasteiger partial charge in [-0.3, -0.25) is 4.99 Å². The molecule has 2 rings (SSSR count). The van der Waals surface area contributed by atoms with Crippen LogP contribution in [0.25, 0.3) is 0 Å². The van der Waals surface area contributed by atoms with Crippen LogP contribution in [0.5, 0.6) is 5.75 Å². The molecule has 1 aliphatic rings. The molecule has 0 unspecified atom stereocenters. The Morgan fingerprint density at radius 1 is 1.32 bits per heavy atom. The molecule has 22 heavy (non-hydrogen) atoms. The van der Waals surface area contributed by atoms with Gasteiger partial charge in [0.15, 0.2) is 5.96 Å². The van der Waals surface area contributed by atoms with Crippen molar-refractivity contribution in [2.24, 2.45) is 10.9 Å². The number of nitrogens with zero attached hydrogens (tertiary/aromatic N) is 1. The molecule has 0 atom stereocenters. The number of hydrogen-bond donors (Lipinski definition) is 2. The summed E-state index contributed by atoms with van der Waals surface area (Å²) in [6.07, 6.45) is 3.69. The largest absolute Gasteiger partial charge is 0.497 e. The van der Waals surface area contributed by atoms with E-state index in [0.29, 0.717) is 0 Å². The van der Waals surface area contributed by atoms with E-state index in [1.54, 1.807) is 14.2 Å². The molecule has 1 aliphatic carbocycles. The second-order valence-electron chi connectivity index (χ2n) is 5.58. The van der Waals surface area contributed by atoms with Crippen molar-refractivity contribution < 1.29 is 9.47 Å². The molecule has 0 spiro atoms. The van der Waals surface area contributed by atoms with Crippen LogP contribution in [-0.2, 0) is 11.3 Å². The van der Waals surface area contributed by atoms with Crippen LogP contribution in [0.3, 0.4) is 0 Å². The summed E-state index contributed by atoms with van der Waals surface area (Å²) in [5.74, 6) is 2.52. The highest BCUT2D eigenvalue weighted by atomic mass is 16.5. The molecule has 0 saturated heterocycles. The average molecular weight is 305 g/mol. The van der Waals surface area contributed by atoms with Gasteiger partial charge in [0.1, 0.15) is 5.75 Å². The molecule has 1 saturated carbocycles. The first-order valence-electron chi connectivity index (χ1n) is 7.97. The lowest BCUT2D eigenvalue weighted by Gasteiger charge is -2.12. The smallest absolute Gasteiger partial charge is 0.191 e. The van der Waals surface area contributed by atoms with Crippen LogP contribution in [-0.4, -0.2) is 39.9 Å². The minimum Gasteiger partial charge on any atom is -0.497 e. The minimum absolute atomic E-state index is 0.717. The van der Waals surface area contributed by atoms with Crippen molar-refractivity contribution in [2.75, 3.05) is 33.9 Å². The van der Waals surface area contributed by atoms with Gasteiger partial charge in [-0.25, -0.2) is 0 Å². The van der Waals surface area contributed by atoms with Crippen molar-refractivity contribution in [2.45, 2.75) is 25.8 Å². The molecule has 0 amide bonds. The number of hydrogen-bond acceptors (Lipinski definition) is 3. The fourth-order valence-corrected chi connectivity index (χ4v) is 2.10. The third kappa shape index (κ3) is 6.35. The first kappa shape index (κ1) is 16.6. The van der Waals surface area contributed by atoms with Gasteiger partial charge in [-0.2, -0.15) is 0 Å². The standard InChI is InChI=1S/C17H27N3O2/c1-18-17(19-9-4-10-22-13-14-7-8-14)20-12-15-5-3-6-16(11-15)21-2/h3,5-6,11,14H,4,7-10,12-13H2,1-2H3,(H2,18,19,20). The van der Waals surface area contributed by atoms with Gasteiger partial charge in [-0.05, 0) is 42.9 Å². The first-order valence-corrected chi connectivity index (χ1v) is 7.97. The maximum absolute atomic E-state index is 5.61. The molecule has 2 N–H and O–H groups in total. The maximum Gasteiger partial charge on any atom is 0.191 e. The van der Waals surface area contributed by atoms with Gasteiger partial charge in [-0.15, -0.1) is 0 Å². The van der Waals surface area contributed by atoms with Gasteiger partial charge < -0.3 is 20.1 Å². The summed E-state index contributed by atoms with van der Waals surface area (Å²) in [5, 5.41) is 6.60. The molecule has 1 fully saturated rings. The zero-order valence-electron chi connectivity index (χ0n) is 13.6. The van der Waals surface area contributed by atoms with E-state index in [4.69, 9.17) is 9.47 Å². The molecular formula is C17H27N3O2. The fraction of sp³-hybridized carbons (Fsp3) is 0.588. The topological polar surface area (TPSA) is 54.9 Å². The lowest BCUT2D eigenvalue weighted by Crippen LogP contribution is -2.37. The van der Waals surface area contributed by atoms with Gasteiger partial charge in [0.05, 0.1) is 7.11 Å². The number of guanidine groups is 1. The average Bonchev–Trinajstić information content (AvgIpc) is 3.38. The summed E-state index contributed by atoms with van der Waals surface area (Å²) >= 11 is 0. The number of aliphatic imine (C=N–C) groups is 1. The van der Waals surface area contributed by atoms with Crippen molar-refractivity contribution in [3.63, 3.8) is 0 Å². The normalized spacial score (nSPS) is 14.7. The molecule has 1 aromatic rings. The quantitative estimate of drug-likeness (QED) is 0.417. The molecule has 1 aromatic carbocycles. The van der Waals surface area contributed by atoms with Crippen molar-refractivity contribution in [1.29, 1.82) is 0 Å². The third-order valence-electron chi connectivity index (χ3n) is 3.63. The molecular weight excluding hydrogens is 278 g/mol. The number of benzene rings is 1. The van der Waals surface area contributed by atoms with Crippen LogP contribution in [0, 0.1) is 5.92 Å². The van der Waals surface area contributed by atoms with Crippen LogP contribution in [0.1, 0.15) is 24.8 Å². The molecule has 0 aromatic heterocycles. The van der Waals surface area contributed by atoms with Crippen molar-refractivity contribution >= 4 is 5.96 Å². The van der Waals surface area contributed by atoms with Gasteiger partial charge in [-0.1, -0.05) is 12.1 Å². The highest BCUT2D eigenvalue weighted by molar-refractivity contribution is 5.79. The molecule has 5 nitrogen and oxygen atoms in total. The lowest BCUT2D eigenvalue weighted by molar-refractivity contribution is 0.123. The Bertz CT molecular complexity index is 473. The summed E-state index contributed by atoms with van der Waals surface area (Å²) in [6, 6.07) is 8.02. The van der Waals surface area contributed by atoms with Crippen LogP contribution in [0.2, 0.25) is 0 Å². The van der Waals surface area contributed by atoms with Gasteiger partial charge >= 0.3 is 0 Å². The Morgan fingerprint density at radius 3 is 2.91 bits per heavy atom. The van der Waals surface area contributed by atoms with Gasteiger partial charge in [0.2, 0.25) is 0 Å². The molecule has 0 bridgehead atoms. The van der Waals surface area contributed by atoms with Crippen molar-refractivity contribution in [1.82, 2.24) is 10.6 Å². The van der Waals surface area contributed by atoms with E-state index >= 15 is 0 Å². The van der Waals surface area contributed by atoms with E-state index in [2.05, 4.69) is 21.7 Å². The predicted octanol–water partition coefficient (Wildman–Crippen LogP) is 2.18. The summed E-state index contributed by atoms with van der Waals surface area (Å²) in [7, 11) is 3.46. The van der Waals surface area contributed by atoms with E-state index in [1.165, 1.54) is 12.8 Å². The maximum atomic E-state index is 5.61. The Hall–Kier alpha value is -1.75. The number of nitrogens with one attached hydrogen (secondary N) is 2. The summed E-state index contributed by atoms with van der Waals surface area (Å²) in [4.78, 5) is 4.22. The Balaban J connectivity index is 1.59. The van der Waals surface area contributed by atoms with Gasteiger partial charge in [0, 0.05) is 33.4 Å². The third-order valence-corrected chi connectivity index (χ3v) is 3.63. The molecule has 5 heteroatoms. The molecule has 0 aliphatic heterocycles. The van der Waals surface area contributed by atoms with Crippen molar-refractivity contribution in [3.8, 4) is 5.75 Å². The zero-order valence-corrected chi connectivity index (χ0v) is 13.6. The number of ether oxygens (including phenoxy) is 2. The van der Waals surface area contributed by atoms with Crippen LogP contribution in [0.4, 0.5) is 0 Å². The number of methoxy groups -OCH3 is 1. The summed E-state index contributed by atoms with van der Waals surface area (Å²) < 4.78 is 10.8. The zero-order chi connectivity index (χ0) is 15.6. The predicted molar refractivity (Wildman–Crippen MR) is 89.4 cm³/mol. The Morgan fingerprint density at radius 2 is 2.18 bits per heavy atom. The minimum atomic E-state index is 0.717. The summed E-state index contributed by atoms with van der Waals surface area (Å²) in [5.41, 5.74) is 1.16. The van der Waals surface area contributed by atoms with Crippen LogP contribution < -0.4 is 15.4 Å². The SMILES string of the molecule is CN=C(NCCCOCC1CC1)NCc1cccc(OC)c1. The van der Waals surface area contributed by atoms with Crippen LogP contribution in [0.15, 0.2) is 29.3 Å². The Labute approximate surface area is 133 Å². The Kier molecular flexibility index (Phi) is 7.03. The van der Waals surface area contributed by atoms with Gasteiger partial charge in [0.25, 0.3) is 0 Å². The molecule has 0 radical (unpaired) electrons. The summed E-state index contributed by atoms with van der Waals surface area (Å²) in [6.45, 7) is 3.33. The first-order chi connectivity index (χ1) is 10.8. The molecule has 122 valence electrons. The number of rotatable bonds is 9. The van der Waals surface area contributed by atoms with E-state index in [9.17, 15) is 0 Å². The highest BCUT2D eigenvalue weighted by Gasteiger charge is 2.20. The second kappa shape index (κ2) is 9.30. The monoisotopic (exact) mass is 305 g/mol. The van der Waals surface area contributed by atoms with E-state index in [0.717, 1.165) is 55.9 Å². The molecule has 0 heterocycles. The van der Waals surface area contributed by atoms with Crippen LogP contribution >= 0.6 is 0 Å². The van der Waals surface area contributed by atoms with Crippen molar-refractivity contribution in [3.05, 3.63) is 29.8 Å². The fourth-order valence-electron chi connectivity index (χ4n) is 2.10.